The van der Waals surface area contributed by atoms with E-state index in [0.29, 0.717) is 49.9 Å². The minimum Gasteiger partial charge on any atom is -0.426 e. The Morgan fingerprint density at radius 3 is 2.02 bits per heavy atom. The van der Waals surface area contributed by atoms with Gasteiger partial charge in [0.15, 0.2) is 5.96 Å². The number of nitrogens with zero attached hydrogens (tertiary/aromatic N) is 2. The number of guanidine groups is 1. The van der Waals surface area contributed by atoms with Gasteiger partial charge < -0.3 is 32.1 Å². The van der Waals surface area contributed by atoms with Crippen LogP contribution in [0, 0.1) is 5.92 Å². The maximum absolute atomic E-state index is 12.9. The molecule has 1 heterocycles. The van der Waals surface area contributed by atoms with Crippen molar-refractivity contribution < 1.29 is 29.2 Å². The van der Waals surface area contributed by atoms with Crippen molar-refractivity contribution in [2.45, 2.75) is 96.5 Å². The molecule has 0 aliphatic carbocycles. The third-order valence-corrected chi connectivity index (χ3v) is 7.17. The van der Waals surface area contributed by atoms with Gasteiger partial charge in [0.1, 0.15) is 6.04 Å². The van der Waals surface area contributed by atoms with Crippen molar-refractivity contribution in [3.8, 4) is 0 Å². The van der Waals surface area contributed by atoms with Gasteiger partial charge in [-0.2, -0.15) is 0 Å². The molecule has 2 atom stereocenters. The molecular formula is C29H47BN6O6. The number of aliphatic imine (C=N–C) groups is 1. The number of amides is 4. The van der Waals surface area contributed by atoms with Gasteiger partial charge in [0.2, 0.25) is 11.8 Å². The van der Waals surface area contributed by atoms with Crippen molar-refractivity contribution in [1.82, 2.24) is 15.5 Å². The van der Waals surface area contributed by atoms with Crippen molar-refractivity contribution >= 4 is 36.7 Å². The molecule has 1 aromatic rings. The first-order chi connectivity index (χ1) is 20.0. The molecule has 42 heavy (non-hydrogen) atoms. The van der Waals surface area contributed by atoms with Gasteiger partial charge in [-0.25, -0.2) is 0 Å². The van der Waals surface area contributed by atoms with E-state index < -0.39 is 25.0 Å². The number of benzene rings is 1. The second kappa shape index (κ2) is 18.2. The van der Waals surface area contributed by atoms with Crippen LogP contribution in [0.15, 0.2) is 29.3 Å². The molecule has 2 rings (SSSR count). The molecule has 0 spiro atoms. The maximum atomic E-state index is 12.9. The fourth-order valence-electron chi connectivity index (χ4n) is 4.97. The average molecular weight is 587 g/mol. The van der Waals surface area contributed by atoms with Crippen LogP contribution in [0.4, 0.5) is 0 Å². The summed E-state index contributed by atoms with van der Waals surface area (Å²) in [6, 6.07) is 6.05. The molecule has 13 heteroatoms. The van der Waals surface area contributed by atoms with Gasteiger partial charge in [-0.3, -0.25) is 29.1 Å². The largest absolute Gasteiger partial charge is 0.475 e. The highest BCUT2D eigenvalue weighted by Crippen LogP contribution is 2.23. The summed E-state index contributed by atoms with van der Waals surface area (Å²) in [5.41, 5.74) is 11.7. The molecule has 8 N–H and O–H groups in total. The molecule has 4 amide bonds. The summed E-state index contributed by atoms with van der Waals surface area (Å²) in [7, 11) is -1.71. The second-order valence-electron chi connectivity index (χ2n) is 11.3. The number of nitrogens with two attached hydrogens (primary N) is 2. The Morgan fingerprint density at radius 2 is 1.48 bits per heavy atom. The second-order valence-corrected chi connectivity index (χ2v) is 11.3. The fourth-order valence-corrected chi connectivity index (χ4v) is 4.97. The standard InChI is InChI=1S/C29H47BN6O6/c1-20(2)19-24(30(41)42)35-26(38)23(15-12-17-33-29(31)32)34-25(37)16-8-6-4-3-5-7-11-18-36-27(39)21-13-9-10-14-22(21)28(36)40/h9-10,13-14,20,23-24,41-42H,3-8,11-12,15-19H2,1-2H3,(H,34,37)(H,35,38)(H4,31,32,33)/t23-,24-/m0/s1. The Bertz CT molecular complexity index is 1040. The smallest absolute Gasteiger partial charge is 0.426 e. The number of unbranched alkanes of at least 4 members (excludes halogenated alkanes) is 6. The Kier molecular flexibility index (Phi) is 15.0. The summed E-state index contributed by atoms with van der Waals surface area (Å²) in [6.07, 6.45) is 7.52. The molecule has 0 bridgehead atoms. The van der Waals surface area contributed by atoms with Crippen molar-refractivity contribution in [3.63, 3.8) is 0 Å². The van der Waals surface area contributed by atoms with E-state index in [4.69, 9.17) is 11.5 Å². The zero-order valence-corrected chi connectivity index (χ0v) is 24.9. The minimum atomic E-state index is -1.71. The van der Waals surface area contributed by atoms with Crippen LogP contribution in [0.25, 0.3) is 0 Å². The Balaban J connectivity index is 1.67. The number of carbonyl (C=O) groups is 4. The van der Waals surface area contributed by atoms with E-state index in [2.05, 4.69) is 15.6 Å². The Morgan fingerprint density at radius 1 is 0.905 bits per heavy atom. The normalized spacial score (nSPS) is 14.0. The minimum absolute atomic E-state index is 0.0526. The fraction of sp³-hybridized carbons (Fsp3) is 0.621. The highest BCUT2D eigenvalue weighted by Gasteiger charge is 2.34. The van der Waals surface area contributed by atoms with E-state index in [9.17, 15) is 29.2 Å². The molecule has 232 valence electrons. The number of hydrogen-bond acceptors (Lipinski definition) is 7. The van der Waals surface area contributed by atoms with E-state index >= 15 is 0 Å². The molecule has 12 nitrogen and oxygen atoms in total. The molecular weight excluding hydrogens is 539 g/mol. The van der Waals surface area contributed by atoms with Crippen LogP contribution in [-0.4, -0.2) is 76.7 Å². The van der Waals surface area contributed by atoms with E-state index in [-0.39, 0.29) is 36.0 Å². The summed E-state index contributed by atoms with van der Waals surface area (Å²) >= 11 is 0. The van der Waals surface area contributed by atoms with Gasteiger partial charge in [-0.15, -0.1) is 0 Å². The molecule has 0 fully saturated rings. The first-order valence-corrected chi connectivity index (χ1v) is 15.0. The van der Waals surface area contributed by atoms with Crippen LogP contribution in [0.2, 0.25) is 0 Å². The molecule has 0 unspecified atom stereocenters. The number of imide groups is 1. The van der Waals surface area contributed by atoms with E-state index in [1.807, 2.05) is 13.8 Å². The van der Waals surface area contributed by atoms with Crippen molar-refractivity contribution in [2.24, 2.45) is 22.4 Å². The van der Waals surface area contributed by atoms with E-state index in [1.165, 1.54) is 4.90 Å². The van der Waals surface area contributed by atoms with Gasteiger partial charge in [-0.05, 0) is 50.2 Å². The molecule has 1 aromatic carbocycles. The summed E-state index contributed by atoms with van der Waals surface area (Å²) in [4.78, 5) is 55.6. The van der Waals surface area contributed by atoms with Crippen LogP contribution in [0.3, 0.4) is 0 Å². The lowest BCUT2D eigenvalue weighted by Gasteiger charge is -2.24. The molecule has 1 aliphatic rings. The van der Waals surface area contributed by atoms with E-state index in [0.717, 1.165) is 38.5 Å². The lowest BCUT2D eigenvalue weighted by Crippen LogP contribution is -2.54. The van der Waals surface area contributed by atoms with Gasteiger partial charge in [0.05, 0.1) is 17.1 Å². The van der Waals surface area contributed by atoms with E-state index in [1.54, 1.807) is 24.3 Å². The van der Waals surface area contributed by atoms with Crippen LogP contribution in [0.1, 0.15) is 105 Å². The lowest BCUT2D eigenvalue weighted by atomic mass is 9.75. The predicted molar refractivity (Wildman–Crippen MR) is 162 cm³/mol. The lowest BCUT2D eigenvalue weighted by molar-refractivity contribution is -0.129. The SMILES string of the molecule is CC(C)C[C@H](NC(=O)[C@H](CCCN=C(N)N)NC(=O)CCCCCCCCCN1C(=O)c2ccccc2C1=O)B(O)O. The predicted octanol–water partition coefficient (Wildman–Crippen LogP) is 1.48. The summed E-state index contributed by atoms with van der Waals surface area (Å²) in [5.74, 6) is -1.93. The summed E-state index contributed by atoms with van der Waals surface area (Å²) in [6.45, 7) is 4.55. The van der Waals surface area contributed by atoms with Crippen LogP contribution in [-0.2, 0) is 9.59 Å². The molecule has 1 aliphatic heterocycles. The first-order valence-electron chi connectivity index (χ1n) is 15.0. The van der Waals surface area contributed by atoms with Gasteiger partial charge in [-0.1, -0.05) is 58.1 Å². The summed E-state index contributed by atoms with van der Waals surface area (Å²) in [5, 5.41) is 24.8. The molecule has 0 aromatic heterocycles. The highest BCUT2D eigenvalue weighted by molar-refractivity contribution is 6.43. The third-order valence-electron chi connectivity index (χ3n) is 7.17. The number of carbonyl (C=O) groups excluding carboxylic acids is 4. The van der Waals surface area contributed by atoms with Crippen molar-refractivity contribution in [1.29, 1.82) is 0 Å². The molecule has 0 saturated heterocycles. The monoisotopic (exact) mass is 586 g/mol. The number of hydrogen-bond donors (Lipinski definition) is 6. The van der Waals surface area contributed by atoms with Gasteiger partial charge in [0, 0.05) is 19.5 Å². The quantitative estimate of drug-likeness (QED) is 0.0434. The van der Waals surface area contributed by atoms with Gasteiger partial charge >= 0.3 is 7.12 Å². The van der Waals surface area contributed by atoms with Crippen molar-refractivity contribution in [2.75, 3.05) is 13.1 Å². The molecule has 0 saturated carbocycles. The van der Waals surface area contributed by atoms with Gasteiger partial charge in [0.25, 0.3) is 11.8 Å². The molecule has 0 radical (unpaired) electrons. The average Bonchev–Trinajstić information content (AvgIpc) is 3.17. The first kappa shape index (κ1) is 34.8. The van der Waals surface area contributed by atoms with Crippen LogP contribution < -0.4 is 22.1 Å². The van der Waals surface area contributed by atoms with Crippen LogP contribution in [0.5, 0.6) is 0 Å². The summed E-state index contributed by atoms with van der Waals surface area (Å²) < 4.78 is 0. The maximum Gasteiger partial charge on any atom is 0.475 e. The Labute approximate surface area is 248 Å². The number of rotatable bonds is 20. The number of fused-ring (bicyclic) bond motifs is 1. The van der Waals surface area contributed by atoms with Crippen LogP contribution >= 0.6 is 0 Å². The topological polar surface area (TPSA) is 200 Å². The zero-order chi connectivity index (χ0) is 31.1. The zero-order valence-electron chi connectivity index (χ0n) is 24.9. The van der Waals surface area contributed by atoms with Crippen molar-refractivity contribution in [3.05, 3.63) is 35.4 Å². The highest BCUT2D eigenvalue weighted by atomic mass is 16.4. The third kappa shape index (κ3) is 11.8. The number of nitrogens with one attached hydrogen (secondary N) is 2. The Hall–Kier alpha value is -3.45.